The number of hydrogen-bond donors (Lipinski definition) is 2. The summed E-state index contributed by atoms with van der Waals surface area (Å²) in [5, 5.41) is 18.2. The Morgan fingerprint density at radius 2 is 2.22 bits per heavy atom. The van der Waals surface area contributed by atoms with E-state index in [1.165, 1.54) is 19.1 Å². The molecule has 1 atom stereocenters. The maximum Gasteiger partial charge on any atom is 0.338 e. The largest absolute Gasteiger partial charge is 0.478 e. The van der Waals surface area contributed by atoms with Gasteiger partial charge in [0.1, 0.15) is 6.26 Å². The molecular weight excluding hydrogens is 242 g/mol. The van der Waals surface area contributed by atoms with Gasteiger partial charge >= 0.3 is 5.97 Å². The molecule has 1 aromatic rings. The van der Waals surface area contributed by atoms with Crippen molar-refractivity contribution in [1.82, 2.24) is 4.90 Å². The van der Waals surface area contributed by atoms with Crippen molar-refractivity contribution in [3.63, 3.8) is 0 Å². The summed E-state index contributed by atoms with van der Waals surface area (Å²) in [4.78, 5) is 23.7. The minimum Gasteiger partial charge on any atom is -0.478 e. The van der Waals surface area contributed by atoms with Crippen molar-refractivity contribution in [3.8, 4) is 0 Å². The summed E-state index contributed by atoms with van der Waals surface area (Å²) < 4.78 is 9.60. The first-order valence-corrected chi connectivity index (χ1v) is 5.20. The molecule has 1 unspecified atom stereocenters. The maximum absolute atomic E-state index is 11.8. The van der Waals surface area contributed by atoms with Crippen LogP contribution in [0, 0.1) is 0 Å². The van der Waals surface area contributed by atoms with E-state index in [4.69, 9.17) is 14.3 Å². The van der Waals surface area contributed by atoms with Crippen LogP contribution in [0.1, 0.15) is 20.9 Å². The lowest BCUT2D eigenvalue weighted by atomic mass is 10.3. The quantitative estimate of drug-likeness (QED) is 0.747. The van der Waals surface area contributed by atoms with Gasteiger partial charge in [-0.1, -0.05) is 0 Å². The Labute approximate surface area is 104 Å². The predicted molar refractivity (Wildman–Crippen MR) is 60.5 cm³/mol. The highest BCUT2D eigenvalue weighted by Gasteiger charge is 2.20. The molecule has 7 nitrogen and oxygen atoms in total. The highest BCUT2D eigenvalue weighted by Crippen LogP contribution is 2.10. The summed E-state index contributed by atoms with van der Waals surface area (Å²) >= 11 is 0. The number of furan rings is 1. The summed E-state index contributed by atoms with van der Waals surface area (Å²) in [6, 6.07) is 1.14. The lowest BCUT2D eigenvalue weighted by molar-refractivity contribution is 0.0367. The van der Waals surface area contributed by atoms with E-state index >= 15 is 0 Å². The molecule has 0 radical (unpaired) electrons. The van der Waals surface area contributed by atoms with Crippen LogP contribution in [0.15, 0.2) is 16.7 Å². The smallest absolute Gasteiger partial charge is 0.338 e. The van der Waals surface area contributed by atoms with E-state index in [2.05, 4.69) is 0 Å². The monoisotopic (exact) mass is 257 g/mol. The van der Waals surface area contributed by atoms with Gasteiger partial charge in [0, 0.05) is 26.8 Å². The summed E-state index contributed by atoms with van der Waals surface area (Å²) in [5.41, 5.74) is -0.0933. The number of carbonyl (C=O) groups excluding carboxylic acids is 1. The molecule has 0 saturated heterocycles. The van der Waals surface area contributed by atoms with Crippen molar-refractivity contribution in [2.75, 3.05) is 27.3 Å². The molecule has 0 aliphatic rings. The van der Waals surface area contributed by atoms with Crippen molar-refractivity contribution < 1.29 is 29.0 Å². The van der Waals surface area contributed by atoms with Gasteiger partial charge in [0.25, 0.3) is 5.91 Å². The minimum absolute atomic E-state index is 0.0653. The van der Waals surface area contributed by atoms with E-state index in [1.807, 2.05) is 0 Å². The Morgan fingerprint density at radius 3 is 2.72 bits per heavy atom. The number of methoxy groups -OCH3 is 1. The van der Waals surface area contributed by atoms with Gasteiger partial charge in [0.05, 0.1) is 18.3 Å². The third-order valence-electron chi connectivity index (χ3n) is 2.25. The van der Waals surface area contributed by atoms with Crippen LogP contribution < -0.4 is 0 Å². The topological polar surface area (TPSA) is 100 Å². The standard InChI is InChI=1S/C11H15NO6/c1-12(4-8(13)6-17-2)10(14)9-3-7(5-18-9)11(15)16/h3,5,8,13H,4,6H2,1-2H3,(H,15,16). The number of likely N-dealkylation sites (N-methyl/N-ethyl adjacent to an activating group) is 1. The van der Waals surface area contributed by atoms with Gasteiger partial charge in [0.15, 0.2) is 5.76 Å². The number of ether oxygens (including phenoxy) is 1. The van der Waals surface area contributed by atoms with E-state index in [1.54, 1.807) is 0 Å². The van der Waals surface area contributed by atoms with Crippen molar-refractivity contribution in [3.05, 3.63) is 23.7 Å². The molecule has 0 saturated carbocycles. The van der Waals surface area contributed by atoms with Gasteiger partial charge in [-0.15, -0.1) is 0 Å². The number of carbonyl (C=O) groups is 2. The van der Waals surface area contributed by atoms with Gasteiger partial charge in [0.2, 0.25) is 0 Å². The van der Waals surface area contributed by atoms with Crippen LogP contribution in [-0.2, 0) is 4.74 Å². The highest BCUT2D eigenvalue weighted by atomic mass is 16.5. The van der Waals surface area contributed by atoms with Crippen LogP contribution in [0.5, 0.6) is 0 Å². The van der Waals surface area contributed by atoms with Crippen LogP contribution in [0.2, 0.25) is 0 Å². The molecule has 0 aliphatic carbocycles. The van der Waals surface area contributed by atoms with Crippen molar-refractivity contribution in [2.24, 2.45) is 0 Å². The van der Waals surface area contributed by atoms with E-state index < -0.39 is 18.0 Å². The molecule has 18 heavy (non-hydrogen) atoms. The number of carboxylic acids is 1. The Hall–Kier alpha value is -1.86. The number of nitrogens with zero attached hydrogens (tertiary/aromatic N) is 1. The van der Waals surface area contributed by atoms with Gasteiger partial charge < -0.3 is 24.3 Å². The summed E-state index contributed by atoms with van der Waals surface area (Å²) in [6.07, 6.45) is 0.187. The predicted octanol–water partition coefficient (Wildman–Crippen LogP) is 0.0571. The second-order valence-corrected chi connectivity index (χ2v) is 3.80. The Morgan fingerprint density at radius 1 is 1.56 bits per heavy atom. The third-order valence-corrected chi connectivity index (χ3v) is 2.25. The molecule has 0 aliphatic heterocycles. The van der Waals surface area contributed by atoms with Crippen LogP contribution in [0.4, 0.5) is 0 Å². The molecule has 0 fully saturated rings. The Bertz CT molecular complexity index is 427. The number of aliphatic hydroxyl groups excluding tert-OH is 1. The molecule has 0 spiro atoms. The van der Waals surface area contributed by atoms with Crippen molar-refractivity contribution >= 4 is 11.9 Å². The van der Waals surface area contributed by atoms with Crippen LogP contribution >= 0.6 is 0 Å². The number of amides is 1. The van der Waals surface area contributed by atoms with Crippen LogP contribution in [0.3, 0.4) is 0 Å². The average molecular weight is 257 g/mol. The molecule has 1 heterocycles. The Kier molecular flexibility index (Phi) is 4.87. The number of aliphatic hydroxyl groups is 1. The zero-order valence-electron chi connectivity index (χ0n) is 10.1. The highest BCUT2D eigenvalue weighted by molar-refractivity contribution is 5.95. The normalized spacial score (nSPS) is 12.2. The number of hydrogen-bond acceptors (Lipinski definition) is 5. The first kappa shape index (κ1) is 14.2. The molecule has 7 heteroatoms. The zero-order chi connectivity index (χ0) is 13.7. The van der Waals surface area contributed by atoms with E-state index in [0.717, 1.165) is 12.3 Å². The molecule has 1 amide bonds. The number of carboxylic acid groups (broad SMARTS) is 1. The van der Waals surface area contributed by atoms with Gasteiger partial charge in [-0.05, 0) is 0 Å². The second kappa shape index (κ2) is 6.18. The maximum atomic E-state index is 11.8. The first-order valence-electron chi connectivity index (χ1n) is 5.20. The lowest BCUT2D eigenvalue weighted by Crippen LogP contribution is -2.36. The summed E-state index contributed by atoms with van der Waals surface area (Å²) in [7, 11) is 2.92. The molecule has 0 aromatic carbocycles. The SMILES string of the molecule is COCC(O)CN(C)C(=O)c1cc(C(=O)O)co1. The second-order valence-electron chi connectivity index (χ2n) is 3.80. The molecule has 0 bridgehead atoms. The van der Waals surface area contributed by atoms with Crippen molar-refractivity contribution in [1.29, 1.82) is 0 Å². The molecule has 2 N–H and O–H groups in total. The van der Waals surface area contributed by atoms with Crippen LogP contribution in [0.25, 0.3) is 0 Å². The van der Waals surface area contributed by atoms with E-state index in [-0.39, 0.29) is 24.5 Å². The minimum atomic E-state index is -1.17. The van der Waals surface area contributed by atoms with Gasteiger partial charge in [-0.3, -0.25) is 4.79 Å². The molecule has 1 aromatic heterocycles. The van der Waals surface area contributed by atoms with Gasteiger partial charge in [-0.2, -0.15) is 0 Å². The van der Waals surface area contributed by atoms with Crippen LogP contribution in [-0.4, -0.2) is 60.4 Å². The van der Waals surface area contributed by atoms with Gasteiger partial charge in [-0.25, -0.2) is 4.79 Å². The summed E-state index contributed by atoms with van der Waals surface area (Å²) in [6.45, 7) is 0.173. The lowest BCUT2D eigenvalue weighted by Gasteiger charge is -2.19. The average Bonchev–Trinajstić information content (AvgIpc) is 2.77. The zero-order valence-corrected chi connectivity index (χ0v) is 10.1. The van der Waals surface area contributed by atoms with Crippen molar-refractivity contribution in [2.45, 2.75) is 6.10 Å². The van der Waals surface area contributed by atoms with E-state index in [0.29, 0.717) is 0 Å². The third kappa shape index (κ3) is 3.57. The number of aromatic carboxylic acids is 1. The molecular formula is C11H15NO6. The number of rotatable bonds is 6. The first-order chi connectivity index (χ1) is 8.45. The fourth-order valence-corrected chi connectivity index (χ4v) is 1.39. The Balaban J connectivity index is 2.65. The molecule has 1 rings (SSSR count). The fourth-order valence-electron chi connectivity index (χ4n) is 1.39. The molecule has 100 valence electrons. The summed E-state index contributed by atoms with van der Waals surface area (Å²) in [5.74, 6) is -1.75. The van der Waals surface area contributed by atoms with E-state index in [9.17, 15) is 14.7 Å². The fraction of sp³-hybridized carbons (Fsp3) is 0.455.